The smallest absolute Gasteiger partial charge is 0.363 e. The summed E-state index contributed by atoms with van der Waals surface area (Å²) in [6.07, 6.45) is 0.491. The van der Waals surface area contributed by atoms with E-state index in [0.29, 0.717) is 13.0 Å². The van der Waals surface area contributed by atoms with Gasteiger partial charge < -0.3 is 14.8 Å². The van der Waals surface area contributed by atoms with Gasteiger partial charge in [-0.25, -0.2) is 9.59 Å². The van der Waals surface area contributed by atoms with Crippen molar-refractivity contribution in [3.8, 4) is 0 Å². The van der Waals surface area contributed by atoms with Gasteiger partial charge in [0.15, 0.2) is 0 Å². The molecule has 0 bridgehead atoms. The summed E-state index contributed by atoms with van der Waals surface area (Å²) in [4.78, 5) is 35.0. The van der Waals surface area contributed by atoms with E-state index >= 15 is 0 Å². The molecule has 0 aromatic carbocycles. The molecule has 0 radical (unpaired) electrons. The lowest BCUT2D eigenvalue weighted by Crippen LogP contribution is -2.39. The molecule has 0 aromatic rings. The number of carbonyl (C=O) groups excluding carboxylic acids is 3. The molecule has 0 spiro atoms. The summed E-state index contributed by atoms with van der Waals surface area (Å²) in [6, 6.07) is 0. The number of ether oxygens (including phenoxy) is 2. The number of nitrogens with one attached hydrogen (secondary N) is 1. The van der Waals surface area contributed by atoms with Crippen LogP contribution in [0.3, 0.4) is 0 Å². The number of hydrogen-bond acceptors (Lipinski definition) is 5. The van der Waals surface area contributed by atoms with Gasteiger partial charge in [0.2, 0.25) is 5.91 Å². The van der Waals surface area contributed by atoms with Crippen LogP contribution in [0.2, 0.25) is 0 Å². The van der Waals surface area contributed by atoms with Crippen LogP contribution in [-0.2, 0) is 23.9 Å². The van der Waals surface area contributed by atoms with Gasteiger partial charge in [0.1, 0.15) is 5.70 Å². The molecule has 1 aliphatic heterocycles. The lowest BCUT2D eigenvalue weighted by Gasteiger charge is -2.26. The molecular formula is C15H23NO5. The molecule has 1 aliphatic rings. The van der Waals surface area contributed by atoms with E-state index < -0.39 is 17.4 Å². The number of carbonyl (C=O) groups is 3. The van der Waals surface area contributed by atoms with Crippen LogP contribution in [0.15, 0.2) is 11.3 Å². The van der Waals surface area contributed by atoms with Gasteiger partial charge in [0.25, 0.3) is 0 Å². The highest BCUT2D eigenvalue weighted by Crippen LogP contribution is 2.24. The van der Waals surface area contributed by atoms with E-state index in [0.717, 1.165) is 0 Å². The van der Waals surface area contributed by atoms with Gasteiger partial charge in [-0.1, -0.05) is 13.8 Å². The Labute approximate surface area is 124 Å². The maximum atomic E-state index is 12.3. The minimum absolute atomic E-state index is 0.0742. The van der Waals surface area contributed by atoms with Crippen LogP contribution in [0.25, 0.3) is 0 Å². The second-order valence-electron chi connectivity index (χ2n) is 6.73. The van der Waals surface area contributed by atoms with E-state index in [2.05, 4.69) is 10.1 Å². The first kappa shape index (κ1) is 17.4. The van der Waals surface area contributed by atoms with Gasteiger partial charge in [-0.05, 0) is 34.1 Å². The standard InChI is InChI=1S/C15H23NO5/c1-9-10(12(18)21-11(9)17)16-13(19)15(5,6)7-8-20-14(2,3)4/h7-8H2,1-6H3,(H,16,19). The number of cyclic esters (lactones) is 2. The highest BCUT2D eigenvalue weighted by Gasteiger charge is 2.35. The van der Waals surface area contributed by atoms with Crippen molar-refractivity contribution in [2.45, 2.75) is 53.6 Å². The monoisotopic (exact) mass is 297 g/mol. The zero-order valence-corrected chi connectivity index (χ0v) is 13.5. The third kappa shape index (κ3) is 4.67. The molecular weight excluding hydrogens is 274 g/mol. The molecule has 1 N–H and O–H groups in total. The maximum Gasteiger partial charge on any atom is 0.363 e. The Balaban J connectivity index is 2.66. The number of hydrogen-bond donors (Lipinski definition) is 1. The van der Waals surface area contributed by atoms with Gasteiger partial charge in [-0.15, -0.1) is 0 Å². The molecule has 0 atom stereocenters. The Kier molecular flexibility index (Phi) is 4.94. The molecule has 0 fully saturated rings. The molecule has 1 amide bonds. The first-order valence-corrected chi connectivity index (χ1v) is 6.87. The van der Waals surface area contributed by atoms with E-state index in [-0.39, 0.29) is 22.8 Å². The lowest BCUT2D eigenvalue weighted by molar-refractivity contribution is -0.151. The van der Waals surface area contributed by atoms with Gasteiger partial charge >= 0.3 is 11.9 Å². The maximum absolute atomic E-state index is 12.3. The van der Waals surface area contributed by atoms with Crippen LogP contribution in [0.1, 0.15) is 48.0 Å². The van der Waals surface area contributed by atoms with Crippen molar-refractivity contribution < 1.29 is 23.9 Å². The zero-order valence-electron chi connectivity index (χ0n) is 13.5. The normalized spacial score (nSPS) is 16.3. The van der Waals surface area contributed by atoms with Gasteiger partial charge in [0, 0.05) is 12.0 Å². The predicted molar refractivity (Wildman–Crippen MR) is 76.0 cm³/mol. The molecule has 21 heavy (non-hydrogen) atoms. The van der Waals surface area contributed by atoms with E-state index in [1.54, 1.807) is 13.8 Å². The average Bonchev–Trinajstić information content (AvgIpc) is 2.53. The number of rotatable bonds is 5. The summed E-state index contributed by atoms with van der Waals surface area (Å²) in [5, 5.41) is 2.49. The summed E-state index contributed by atoms with van der Waals surface area (Å²) in [5.74, 6) is -1.88. The fourth-order valence-corrected chi connectivity index (χ4v) is 1.62. The molecule has 0 aliphatic carbocycles. The van der Waals surface area contributed by atoms with E-state index in [4.69, 9.17) is 4.74 Å². The second kappa shape index (κ2) is 5.97. The average molecular weight is 297 g/mol. The molecule has 0 saturated carbocycles. The highest BCUT2D eigenvalue weighted by molar-refractivity contribution is 6.13. The van der Waals surface area contributed by atoms with Crippen molar-refractivity contribution in [1.29, 1.82) is 0 Å². The third-order valence-electron chi connectivity index (χ3n) is 3.19. The largest absolute Gasteiger partial charge is 0.385 e. The van der Waals surface area contributed by atoms with Crippen molar-refractivity contribution in [1.82, 2.24) is 5.32 Å². The molecule has 1 heterocycles. The van der Waals surface area contributed by atoms with Crippen molar-refractivity contribution in [2.24, 2.45) is 5.41 Å². The van der Waals surface area contributed by atoms with Crippen molar-refractivity contribution >= 4 is 17.8 Å². The first-order chi connectivity index (χ1) is 9.44. The van der Waals surface area contributed by atoms with Gasteiger partial charge in [-0.3, -0.25) is 4.79 Å². The van der Waals surface area contributed by atoms with Crippen LogP contribution in [0.5, 0.6) is 0 Å². The predicted octanol–water partition coefficient (Wildman–Crippen LogP) is 1.69. The number of esters is 2. The minimum atomic E-state index is -0.812. The van der Waals surface area contributed by atoms with Crippen molar-refractivity contribution in [3.63, 3.8) is 0 Å². The Morgan fingerprint density at radius 3 is 2.14 bits per heavy atom. The Morgan fingerprint density at radius 2 is 1.71 bits per heavy atom. The Morgan fingerprint density at radius 1 is 1.14 bits per heavy atom. The third-order valence-corrected chi connectivity index (χ3v) is 3.19. The van der Waals surface area contributed by atoms with Crippen LogP contribution < -0.4 is 5.32 Å². The summed E-state index contributed by atoms with van der Waals surface area (Å²) < 4.78 is 10.0. The summed E-state index contributed by atoms with van der Waals surface area (Å²) >= 11 is 0. The Hall–Kier alpha value is -1.69. The van der Waals surface area contributed by atoms with Gasteiger partial charge in [0.05, 0.1) is 11.2 Å². The zero-order chi connectivity index (χ0) is 16.4. The molecule has 6 heteroatoms. The van der Waals surface area contributed by atoms with Crippen LogP contribution in [-0.4, -0.2) is 30.1 Å². The second-order valence-corrected chi connectivity index (χ2v) is 6.73. The van der Waals surface area contributed by atoms with Crippen LogP contribution in [0, 0.1) is 5.41 Å². The van der Waals surface area contributed by atoms with E-state index in [1.807, 2.05) is 20.8 Å². The molecule has 6 nitrogen and oxygen atoms in total. The fourth-order valence-electron chi connectivity index (χ4n) is 1.62. The highest BCUT2D eigenvalue weighted by atomic mass is 16.6. The minimum Gasteiger partial charge on any atom is -0.385 e. The molecule has 0 aromatic heterocycles. The molecule has 0 unspecified atom stereocenters. The summed E-state index contributed by atoms with van der Waals surface area (Å²) in [7, 11) is 0. The quantitative estimate of drug-likeness (QED) is 0.617. The van der Waals surface area contributed by atoms with E-state index in [1.165, 1.54) is 6.92 Å². The first-order valence-electron chi connectivity index (χ1n) is 6.87. The molecule has 0 saturated heterocycles. The summed E-state index contributed by atoms with van der Waals surface area (Å²) in [5.41, 5.74) is -0.956. The van der Waals surface area contributed by atoms with Crippen LogP contribution >= 0.6 is 0 Å². The lowest BCUT2D eigenvalue weighted by atomic mass is 9.88. The van der Waals surface area contributed by atoms with Gasteiger partial charge in [-0.2, -0.15) is 0 Å². The summed E-state index contributed by atoms with van der Waals surface area (Å²) in [6.45, 7) is 11.2. The Bertz CT molecular complexity index is 497. The topological polar surface area (TPSA) is 81.7 Å². The fraction of sp³-hybridized carbons (Fsp3) is 0.667. The van der Waals surface area contributed by atoms with Crippen LogP contribution in [0.4, 0.5) is 0 Å². The molecule has 1 rings (SSSR count). The molecule has 118 valence electrons. The van der Waals surface area contributed by atoms with Crippen molar-refractivity contribution in [3.05, 3.63) is 11.3 Å². The van der Waals surface area contributed by atoms with Crippen molar-refractivity contribution in [2.75, 3.05) is 6.61 Å². The SMILES string of the molecule is CC1=C(NC(=O)C(C)(C)CCOC(C)(C)C)C(=O)OC1=O. The number of amides is 1. The van der Waals surface area contributed by atoms with E-state index in [9.17, 15) is 14.4 Å².